The molecule has 0 radical (unpaired) electrons. The molecule has 3 N–H and O–H groups in total. The van der Waals surface area contributed by atoms with E-state index in [4.69, 9.17) is 0 Å². The Kier molecular flexibility index (Phi) is 5.07. The lowest BCUT2D eigenvalue weighted by Crippen LogP contribution is -3.13. The van der Waals surface area contributed by atoms with Gasteiger partial charge in [-0.1, -0.05) is 30.3 Å². The number of hydrogen-bond donors (Lipinski definition) is 2. The zero-order chi connectivity index (χ0) is 14.5. The van der Waals surface area contributed by atoms with Crippen LogP contribution in [0.3, 0.4) is 0 Å². The molecule has 2 aromatic rings. The van der Waals surface area contributed by atoms with Crippen LogP contribution in [-0.2, 0) is 13.1 Å². The second-order valence-corrected chi connectivity index (χ2v) is 7.22. The van der Waals surface area contributed by atoms with Crippen molar-refractivity contribution in [1.82, 2.24) is 0 Å². The normalized spacial score (nSPS) is 22.3. The summed E-state index contributed by atoms with van der Waals surface area (Å²) in [6, 6.07) is 14.0. The van der Waals surface area contributed by atoms with E-state index in [9.17, 15) is 0 Å². The second kappa shape index (κ2) is 7.21. The summed E-state index contributed by atoms with van der Waals surface area (Å²) < 4.78 is 0. The Morgan fingerprint density at radius 2 is 1.90 bits per heavy atom. The summed E-state index contributed by atoms with van der Waals surface area (Å²) in [4.78, 5) is 3.30. The minimum atomic E-state index is 0.825. The van der Waals surface area contributed by atoms with Crippen molar-refractivity contribution in [2.45, 2.75) is 38.9 Å². The highest BCUT2D eigenvalue weighted by Crippen LogP contribution is 2.13. The van der Waals surface area contributed by atoms with E-state index in [1.807, 2.05) is 11.3 Å². The van der Waals surface area contributed by atoms with Crippen LogP contribution in [0.15, 0.2) is 41.8 Å². The Morgan fingerprint density at radius 1 is 1.14 bits per heavy atom. The smallest absolute Gasteiger partial charge is 0.111 e. The van der Waals surface area contributed by atoms with Gasteiger partial charge in [0.05, 0.1) is 24.0 Å². The molecule has 3 heteroatoms. The minimum absolute atomic E-state index is 0.825. The van der Waals surface area contributed by atoms with Crippen LogP contribution in [0.1, 0.15) is 28.8 Å². The average Bonchev–Trinajstić information content (AvgIpc) is 2.93. The monoisotopic (exact) mass is 302 g/mol. The number of likely N-dealkylation sites (tertiary alicyclic amines) is 1. The number of thiophene rings is 1. The summed E-state index contributed by atoms with van der Waals surface area (Å²) in [5, 5.41) is 4.78. The third-order valence-corrected chi connectivity index (χ3v) is 5.68. The molecule has 1 aliphatic heterocycles. The first-order chi connectivity index (χ1) is 10.3. The van der Waals surface area contributed by atoms with Gasteiger partial charge in [-0.25, -0.2) is 0 Å². The lowest BCUT2D eigenvalue weighted by atomic mass is 10.0. The van der Waals surface area contributed by atoms with E-state index < -0.39 is 0 Å². The number of piperidine rings is 1. The summed E-state index contributed by atoms with van der Waals surface area (Å²) in [7, 11) is 0. The molecule has 0 bridgehead atoms. The van der Waals surface area contributed by atoms with Gasteiger partial charge >= 0.3 is 0 Å². The molecular weight excluding hydrogens is 276 g/mol. The fourth-order valence-electron chi connectivity index (χ4n) is 3.23. The van der Waals surface area contributed by atoms with Gasteiger partial charge in [0, 0.05) is 18.4 Å². The van der Waals surface area contributed by atoms with Crippen molar-refractivity contribution in [1.29, 1.82) is 0 Å². The standard InChI is InChI=1S/C18H24N2S/c1-15-9-12-21-18(15)13-19-17-7-10-20(11-8-17)14-16-5-3-2-4-6-16/h2-6,9,12,17,19H,7-8,10-11,13-14H2,1H3/p+2. The lowest BCUT2D eigenvalue weighted by Gasteiger charge is -2.28. The van der Waals surface area contributed by atoms with E-state index in [1.165, 1.54) is 50.1 Å². The molecule has 1 aromatic carbocycles. The van der Waals surface area contributed by atoms with Crippen molar-refractivity contribution >= 4 is 11.3 Å². The SMILES string of the molecule is Cc1ccsc1C[NH2+]C1CC[NH+](Cc2ccccc2)CC1. The van der Waals surface area contributed by atoms with Gasteiger partial charge in [0.15, 0.2) is 0 Å². The number of aryl methyl sites for hydroxylation is 1. The van der Waals surface area contributed by atoms with Crippen molar-refractivity contribution in [2.75, 3.05) is 13.1 Å². The molecule has 112 valence electrons. The molecule has 0 atom stereocenters. The fraction of sp³-hybridized carbons (Fsp3) is 0.444. The Hall–Kier alpha value is -1.16. The summed E-state index contributed by atoms with van der Waals surface area (Å²) in [5.74, 6) is 0. The average molecular weight is 302 g/mol. The first-order valence-electron chi connectivity index (χ1n) is 8.05. The number of nitrogens with one attached hydrogen (secondary N) is 1. The Balaban J connectivity index is 1.42. The molecule has 0 spiro atoms. The van der Waals surface area contributed by atoms with E-state index in [0.29, 0.717) is 0 Å². The molecule has 0 saturated carbocycles. The van der Waals surface area contributed by atoms with Gasteiger partial charge in [-0.15, -0.1) is 11.3 Å². The van der Waals surface area contributed by atoms with Crippen molar-refractivity contribution in [3.05, 3.63) is 57.8 Å². The molecule has 1 aromatic heterocycles. The molecule has 0 aliphatic carbocycles. The van der Waals surface area contributed by atoms with E-state index in [-0.39, 0.29) is 0 Å². The topological polar surface area (TPSA) is 21.1 Å². The van der Waals surface area contributed by atoms with E-state index >= 15 is 0 Å². The third kappa shape index (κ3) is 4.16. The minimum Gasteiger partial charge on any atom is -0.339 e. The van der Waals surface area contributed by atoms with Gasteiger partial charge in [-0.05, 0) is 23.9 Å². The van der Waals surface area contributed by atoms with Crippen molar-refractivity contribution < 1.29 is 10.2 Å². The molecule has 2 nitrogen and oxygen atoms in total. The first kappa shape index (κ1) is 14.8. The zero-order valence-corrected chi connectivity index (χ0v) is 13.7. The van der Waals surface area contributed by atoms with Crippen LogP contribution in [0.25, 0.3) is 0 Å². The molecule has 1 aliphatic rings. The van der Waals surface area contributed by atoms with Crippen LogP contribution in [-0.4, -0.2) is 19.1 Å². The van der Waals surface area contributed by atoms with Crippen LogP contribution in [0, 0.1) is 6.92 Å². The summed E-state index contributed by atoms with van der Waals surface area (Å²) in [5.41, 5.74) is 2.94. The summed E-state index contributed by atoms with van der Waals surface area (Å²) in [6.07, 6.45) is 2.71. The molecule has 2 heterocycles. The lowest BCUT2D eigenvalue weighted by molar-refractivity contribution is -0.926. The van der Waals surface area contributed by atoms with E-state index in [0.717, 1.165) is 6.04 Å². The second-order valence-electron chi connectivity index (χ2n) is 6.22. The number of benzene rings is 1. The van der Waals surface area contributed by atoms with Gasteiger partial charge in [0.25, 0.3) is 0 Å². The van der Waals surface area contributed by atoms with Crippen LogP contribution in [0.2, 0.25) is 0 Å². The van der Waals surface area contributed by atoms with E-state index in [1.54, 1.807) is 9.78 Å². The maximum atomic E-state index is 2.57. The highest BCUT2D eigenvalue weighted by Gasteiger charge is 2.24. The maximum Gasteiger partial charge on any atom is 0.111 e. The van der Waals surface area contributed by atoms with Gasteiger partial charge in [0.2, 0.25) is 0 Å². The predicted octanol–water partition coefficient (Wildman–Crippen LogP) is 1.37. The van der Waals surface area contributed by atoms with Crippen LogP contribution < -0.4 is 10.2 Å². The van der Waals surface area contributed by atoms with Crippen molar-refractivity contribution in [2.24, 2.45) is 0 Å². The molecule has 21 heavy (non-hydrogen) atoms. The van der Waals surface area contributed by atoms with Crippen molar-refractivity contribution in [3.8, 4) is 0 Å². The molecule has 0 unspecified atom stereocenters. The first-order valence-corrected chi connectivity index (χ1v) is 8.93. The zero-order valence-electron chi connectivity index (χ0n) is 12.8. The van der Waals surface area contributed by atoms with Crippen LogP contribution in [0.4, 0.5) is 0 Å². The van der Waals surface area contributed by atoms with Gasteiger partial charge in [-0.3, -0.25) is 0 Å². The molecule has 0 amide bonds. The van der Waals surface area contributed by atoms with Crippen LogP contribution in [0.5, 0.6) is 0 Å². The number of hydrogen-bond acceptors (Lipinski definition) is 1. The number of rotatable bonds is 5. The van der Waals surface area contributed by atoms with Gasteiger partial charge in [-0.2, -0.15) is 0 Å². The van der Waals surface area contributed by atoms with Crippen molar-refractivity contribution in [3.63, 3.8) is 0 Å². The number of quaternary nitrogens is 2. The predicted molar refractivity (Wildman–Crippen MR) is 88.6 cm³/mol. The van der Waals surface area contributed by atoms with Gasteiger partial charge < -0.3 is 10.2 Å². The third-order valence-electron chi connectivity index (χ3n) is 4.64. The maximum absolute atomic E-state index is 2.57. The fourth-order valence-corrected chi connectivity index (χ4v) is 4.12. The quantitative estimate of drug-likeness (QED) is 0.832. The highest BCUT2D eigenvalue weighted by atomic mass is 32.1. The Bertz CT molecular complexity index is 541. The van der Waals surface area contributed by atoms with Crippen LogP contribution >= 0.6 is 11.3 Å². The Labute approximate surface area is 131 Å². The largest absolute Gasteiger partial charge is 0.339 e. The highest BCUT2D eigenvalue weighted by molar-refractivity contribution is 7.10. The Morgan fingerprint density at radius 3 is 2.57 bits per heavy atom. The van der Waals surface area contributed by atoms with E-state index in [2.05, 4.69) is 54.0 Å². The molecule has 3 rings (SSSR count). The molecular formula is C18H26N2S+2. The summed E-state index contributed by atoms with van der Waals surface area (Å²) in [6.45, 7) is 7.23. The molecule has 1 saturated heterocycles. The molecule has 1 fully saturated rings. The van der Waals surface area contributed by atoms with Gasteiger partial charge in [0.1, 0.15) is 13.1 Å². The number of nitrogens with two attached hydrogens (primary N) is 1. The summed E-state index contributed by atoms with van der Waals surface area (Å²) >= 11 is 1.90.